The van der Waals surface area contributed by atoms with Crippen LogP contribution in [0.2, 0.25) is 0 Å². The second kappa shape index (κ2) is 5.65. The van der Waals surface area contributed by atoms with Crippen LogP contribution < -0.4 is 0 Å². The third-order valence-corrected chi connectivity index (χ3v) is 3.71. The minimum atomic E-state index is 0.298. The predicted octanol–water partition coefficient (Wildman–Crippen LogP) is 4.55. The number of fused-ring (bicyclic) bond motifs is 2. The first kappa shape index (κ1) is 13.7. The molecule has 1 aromatic heterocycles. The Morgan fingerprint density at radius 2 is 1.48 bits per heavy atom. The van der Waals surface area contributed by atoms with Gasteiger partial charge in [-0.05, 0) is 23.6 Å². The molecule has 106 valence electrons. The molecule has 0 fully saturated rings. The lowest BCUT2D eigenvalue weighted by molar-refractivity contribution is -0.119. The highest BCUT2D eigenvalue weighted by molar-refractivity contribution is 6.00. The van der Waals surface area contributed by atoms with Crippen LogP contribution >= 0.6 is 0 Å². The van der Waals surface area contributed by atoms with Crippen molar-refractivity contribution in [2.24, 2.45) is 5.92 Å². The molecule has 0 atom stereocenters. The predicted molar refractivity (Wildman–Crippen MR) is 87.4 cm³/mol. The average Bonchev–Trinajstić information content (AvgIpc) is 2.46. The van der Waals surface area contributed by atoms with Crippen molar-refractivity contribution in [2.45, 2.75) is 26.7 Å². The fraction of sp³-hybridized carbons (Fsp3) is 0.263. The van der Waals surface area contributed by atoms with E-state index in [0.29, 0.717) is 24.5 Å². The topological polar surface area (TPSA) is 30.0 Å². The maximum Gasteiger partial charge on any atom is 0.137 e. The van der Waals surface area contributed by atoms with E-state index < -0.39 is 0 Å². The summed E-state index contributed by atoms with van der Waals surface area (Å²) in [4.78, 5) is 17.0. The van der Waals surface area contributed by atoms with Crippen LogP contribution in [0.3, 0.4) is 0 Å². The van der Waals surface area contributed by atoms with Gasteiger partial charge in [0.25, 0.3) is 0 Å². The summed E-state index contributed by atoms with van der Waals surface area (Å²) in [6.45, 7) is 4.17. The van der Waals surface area contributed by atoms with Gasteiger partial charge in [-0.3, -0.25) is 4.79 Å². The minimum absolute atomic E-state index is 0.298. The number of nitrogens with zero attached hydrogens (tertiary/aromatic N) is 1. The van der Waals surface area contributed by atoms with Gasteiger partial charge in [0, 0.05) is 23.6 Å². The number of ketones is 1. The molecule has 0 unspecified atom stereocenters. The molecule has 0 aliphatic heterocycles. The standard InChI is InChI=1S/C19H19NO/c1-13(2)11-14(21)12-17-15-7-3-5-9-18(15)20-19-10-6-4-8-16(17)19/h3-10,13H,11-12H2,1-2H3. The number of hydrogen-bond acceptors (Lipinski definition) is 2. The summed E-state index contributed by atoms with van der Waals surface area (Å²) < 4.78 is 0. The maximum atomic E-state index is 12.3. The molecule has 3 rings (SSSR count). The van der Waals surface area contributed by atoms with Gasteiger partial charge < -0.3 is 0 Å². The van der Waals surface area contributed by atoms with E-state index in [0.717, 1.165) is 27.4 Å². The summed E-state index contributed by atoms with van der Waals surface area (Å²) in [5.41, 5.74) is 3.04. The van der Waals surface area contributed by atoms with Crippen molar-refractivity contribution >= 4 is 27.6 Å². The molecule has 0 radical (unpaired) electrons. The molecule has 0 aliphatic rings. The van der Waals surface area contributed by atoms with Gasteiger partial charge in [-0.15, -0.1) is 0 Å². The smallest absolute Gasteiger partial charge is 0.137 e. The molecule has 3 aromatic rings. The quantitative estimate of drug-likeness (QED) is 0.655. The second-order valence-electron chi connectivity index (χ2n) is 5.94. The Balaban J connectivity index is 2.18. The van der Waals surface area contributed by atoms with Crippen molar-refractivity contribution in [3.05, 3.63) is 54.1 Å². The molecular formula is C19H19NO. The van der Waals surface area contributed by atoms with Gasteiger partial charge in [-0.1, -0.05) is 50.2 Å². The molecule has 0 amide bonds. The number of para-hydroxylation sites is 2. The van der Waals surface area contributed by atoms with E-state index in [9.17, 15) is 4.79 Å². The largest absolute Gasteiger partial charge is 0.299 e. The normalized spacial score (nSPS) is 11.4. The summed E-state index contributed by atoms with van der Waals surface area (Å²) in [5.74, 6) is 0.698. The third kappa shape index (κ3) is 2.80. The van der Waals surface area contributed by atoms with Crippen LogP contribution in [0.25, 0.3) is 21.8 Å². The molecule has 0 bridgehead atoms. The van der Waals surface area contributed by atoms with Crippen molar-refractivity contribution in [1.29, 1.82) is 0 Å². The van der Waals surface area contributed by atoms with E-state index in [2.05, 4.69) is 26.0 Å². The fourth-order valence-electron chi connectivity index (χ4n) is 2.84. The summed E-state index contributed by atoms with van der Waals surface area (Å²) in [6.07, 6.45) is 1.12. The summed E-state index contributed by atoms with van der Waals surface area (Å²) in [7, 11) is 0. The molecule has 0 saturated heterocycles. The average molecular weight is 277 g/mol. The van der Waals surface area contributed by atoms with Gasteiger partial charge in [-0.2, -0.15) is 0 Å². The van der Waals surface area contributed by atoms with Crippen molar-refractivity contribution < 1.29 is 4.79 Å². The minimum Gasteiger partial charge on any atom is -0.299 e. The highest BCUT2D eigenvalue weighted by atomic mass is 16.1. The van der Waals surface area contributed by atoms with E-state index in [1.54, 1.807) is 0 Å². The Kier molecular flexibility index (Phi) is 3.70. The number of pyridine rings is 1. The first-order chi connectivity index (χ1) is 10.1. The molecule has 2 aromatic carbocycles. The zero-order valence-corrected chi connectivity index (χ0v) is 12.5. The van der Waals surface area contributed by atoms with Crippen LogP contribution in [0, 0.1) is 5.92 Å². The lowest BCUT2D eigenvalue weighted by atomic mass is 9.95. The van der Waals surface area contributed by atoms with E-state index in [-0.39, 0.29) is 0 Å². The monoisotopic (exact) mass is 277 g/mol. The zero-order chi connectivity index (χ0) is 14.8. The maximum absolute atomic E-state index is 12.3. The van der Waals surface area contributed by atoms with Gasteiger partial charge in [0.2, 0.25) is 0 Å². The number of benzene rings is 2. The number of rotatable bonds is 4. The lowest BCUT2D eigenvalue weighted by Gasteiger charge is -2.11. The molecular weight excluding hydrogens is 258 g/mol. The van der Waals surface area contributed by atoms with Crippen LogP contribution in [0.4, 0.5) is 0 Å². The lowest BCUT2D eigenvalue weighted by Crippen LogP contribution is -2.07. The summed E-state index contributed by atoms with van der Waals surface area (Å²) in [5, 5.41) is 2.18. The molecule has 0 saturated carbocycles. The second-order valence-corrected chi connectivity index (χ2v) is 5.94. The van der Waals surface area contributed by atoms with Crippen LogP contribution in [-0.2, 0) is 11.2 Å². The molecule has 0 N–H and O–H groups in total. The van der Waals surface area contributed by atoms with Crippen LogP contribution in [0.1, 0.15) is 25.8 Å². The number of aromatic nitrogens is 1. The molecule has 2 heteroatoms. The molecule has 2 nitrogen and oxygen atoms in total. The van der Waals surface area contributed by atoms with E-state index in [4.69, 9.17) is 4.98 Å². The molecule has 0 spiro atoms. The van der Waals surface area contributed by atoms with Crippen molar-refractivity contribution in [3.63, 3.8) is 0 Å². The Morgan fingerprint density at radius 1 is 0.952 bits per heavy atom. The Morgan fingerprint density at radius 3 is 2.00 bits per heavy atom. The fourth-order valence-corrected chi connectivity index (χ4v) is 2.84. The van der Waals surface area contributed by atoms with Crippen LogP contribution in [0.5, 0.6) is 0 Å². The van der Waals surface area contributed by atoms with Gasteiger partial charge in [0.15, 0.2) is 0 Å². The van der Waals surface area contributed by atoms with Crippen LogP contribution in [-0.4, -0.2) is 10.8 Å². The van der Waals surface area contributed by atoms with Gasteiger partial charge in [0.1, 0.15) is 5.78 Å². The molecule has 0 aliphatic carbocycles. The number of carbonyl (C=O) groups is 1. The van der Waals surface area contributed by atoms with Crippen molar-refractivity contribution in [2.75, 3.05) is 0 Å². The number of Topliss-reactive ketones (excluding diaryl/α,β-unsaturated/α-hetero) is 1. The van der Waals surface area contributed by atoms with E-state index in [1.807, 2.05) is 36.4 Å². The highest BCUT2D eigenvalue weighted by Gasteiger charge is 2.13. The molecule has 21 heavy (non-hydrogen) atoms. The van der Waals surface area contributed by atoms with Crippen LogP contribution in [0.15, 0.2) is 48.5 Å². The highest BCUT2D eigenvalue weighted by Crippen LogP contribution is 2.26. The SMILES string of the molecule is CC(C)CC(=O)Cc1c2ccccc2nc2ccccc12. The Hall–Kier alpha value is -2.22. The summed E-state index contributed by atoms with van der Waals surface area (Å²) >= 11 is 0. The molecule has 1 heterocycles. The number of carbonyl (C=O) groups excluding carboxylic acids is 1. The van der Waals surface area contributed by atoms with E-state index in [1.165, 1.54) is 0 Å². The van der Waals surface area contributed by atoms with E-state index >= 15 is 0 Å². The van der Waals surface area contributed by atoms with Gasteiger partial charge >= 0.3 is 0 Å². The van der Waals surface area contributed by atoms with Crippen molar-refractivity contribution in [3.8, 4) is 0 Å². The first-order valence-corrected chi connectivity index (χ1v) is 7.43. The number of hydrogen-bond donors (Lipinski definition) is 0. The summed E-state index contributed by atoms with van der Waals surface area (Å²) in [6, 6.07) is 16.1. The van der Waals surface area contributed by atoms with Crippen molar-refractivity contribution in [1.82, 2.24) is 4.98 Å². The Labute approximate surface area is 124 Å². The zero-order valence-electron chi connectivity index (χ0n) is 12.5. The third-order valence-electron chi connectivity index (χ3n) is 3.71. The Bertz CT molecular complexity index is 751. The van der Waals surface area contributed by atoms with Gasteiger partial charge in [-0.25, -0.2) is 4.98 Å². The first-order valence-electron chi connectivity index (χ1n) is 7.43. The van der Waals surface area contributed by atoms with Gasteiger partial charge in [0.05, 0.1) is 11.0 Å².